The normalized spacial score (nSPS) is 11.0. The maximum atomic E-state index is 5.31. The second-order valence-corrected chi connectivity index (χ2v) is 7.93. The van der Waals surface area contributed by atoms with Crippen LogP contribution in [-0.4, -0.2) is 48.0 Å². The minimum Gasteiger partial charge on any atom is -0.497 e. The molecule has 6 heteroatoms. The van der Waals surface area contributed by atoms with Gasteiger partial charge in [0.2, 0.25) is 0 Å². The summed E-state index contributed by atoms with van der Waals surface area (Å²) in [6.45, 7) is 1.47. The Morgan fingerprint density at radius 3 is 2.06 bits per heavy atom. The number of benzene rings is 3. The topological polar surface area (TPSA) is 52.4 Å². The number of methoxy groups -OCH3 is 2. The molecule has 0 spiro atoms. The monoisotopic (exact) mass is 428 g/mol. The van der Waals surface area contributed by atoms with Gasteiger partial charge < -0.3 is 14.4 Å². The van der Waals surface area contributed by atoms with E-state index in [1.54, 1.807) is 14.2 Å². The summed E-state index contributed by atoms with van der Waals surface area (Å²) < 4.78 is 12.6. The van der Waals surface area contributed by atoms with Crippen molar-refractivity contribution in [3.8, 4) is 34.3 Å². The summed E-state index contributed by atoms with van der Waals surface area (Å²) >= 11 is 0. The first-order valence-electron chi connectivity index (χ1n) is 10.5. The minimum atomic E-state index is 0.607. The van der Waals surface area contributed by atoms with Crippen molar-refractivity contribution in [2.75, 3.05) is 28.3 Å². The van der Waals surface area contributed by atoms with E-state index in [0.717, 1.165) is 40.6 Å². The Kier molecular flexibility index (Phi) is 6.52. The number of ether oxygens (including phenoxy) is 2. The Balaban J connectivity index is 1.73. The number of hydrogen-bond acceptors (Lipinski definition) is 5. The number of rotatable bonds is 8. The standard InChI is InChI=1S/C26H28N4O2/c1-29(2)17-20-6-5-7-22(16-20)25-27-26(21-10-14-24(32-4)15-11-21)30(28-25)18-19-8-12-23(31-3)13-9-19/h5-16H,17-18H2,1-4H3. The van der Waals surface area contributed by atoms with Crippen LogP contribution in [0.5, 0.6) is 11.5 Å². The lowest BCUT2D eigenvalue weighted by molar-refractivity contribution is 0.402. The van der Waals surface area contributed by atoms with E-state index in [4.69, 9.17) is 19.6 Å². The molecule has 0 saturated heterocycles. The van der Waals surface area contributed by atoms with Crippen LogP contribution in [0.2, 0.25) is 0 Å². The molecule has 0 aliphatic heterocycles. The molecule has 1 aromatic heterocycles. The molecule has 0 N–H and O–H groups in total. The smallest absolute Gasteiger partial charge is 0.181 e. The van der Waals surface area contributed by atoms with Gasteiger partial charge in [-0.15, -0.1) is 0 Å². The van der Waals surface area contributed by atoms with E-state index in [1.165, 1.54) is 5.56 Å². The van der Waals surface area contributed by atoms with Crippen molar-refractivity contribution in [1.82, 2.24) is 19.7 Å². The van der Waals surface area contributed by atoms with Gasteiger partial charge in [0.05, 0.1) is 20.8 Å². The highest BCUT2D eigenvalue weighted by Crippen LogP contribution is 2.26. The van der Waals surface area contributed by atoms with E-state index in [9.17, 15) is 0 Å². The lowest BCUT2D eigenvalue weighted by atomic mass is 10.1. The Hall–Kier alpha value is -3.64. The van der Waals surface area contributed by atoms with Crippen LogP contribution in [0.1, 0.15) is 11.1 Å². The lowest BCUT2D eigenvalue weighted by Crippen LogP contribution is -2.10. The molecule has 164 valence electrons. The quantitative estimate of drug-likeness (QED) is 0.406. The molecule has 0 aliphatic rings. The van der Waals surface area contributed by atoms with Crippen LogP contribution in [0, 0.1) is 0 Å². The SMILES string of the molecule is COc1ccc(Cn2nc(-c3cccc(CN(C)C)c3)nc2-c2ccc(OC)cc2)cc1. The third kappa shape index (κ3) is 4.98. The van der Waals surface area contributed by atoms with Gasteiger partial charge in [-0.2, -0.15) is 5.10 Å². The Morgan fingerprint density at radius 2 is 1.44 bits per heavy atom. The molecule has 0 aliphatic carbocycles. The zero-order chi connectivity index (χ0) is 22.5. The summed E-state index contributed by atoms with van der Waals surface area (Å²) in [6.07, 6.45) is 0. The van der Waals surface area contributed by atoms with Gasteiger partial charge >= 0.3 is 0 Å². The zero-order valence-corrected chi connectivity index (χ0v) is 18.9. The summed E-state index contributed by atoms with van der Waals surface area (Å²) in [6, 6.07) is 24.3. The molecule has 32 heavy (non-hydrogen) atoms. The molecule has 0 unspecified atom stereocenters. The van der Waals surface area contributed by atoms with E-state index >= 15 is 0 Å². The van der Waals surface area contributed by atoms with Crippen molar-refractivity contribution < 1.29 is 9.47 Å². The molecule has 1 heterocycles. The predicted octanol–water partition coefficient (Wildman–Crippen LogP) is 4.74. The fourth-order valence-electron chi connectivity index (χ4n) is 3.61. The maximum absolute atomic E-state index is 5.31. The summed E-state index contributed by atoms with van der Waals surface area (Å²) in [4.78, 5) is 7.08. The van der Waals surface area contributed by atoms with Gasteiger partial charge in [0.25, 0.3) is 0 Å². The molecule has 0 saturated carbocycles. The van der Waals surface area contributed by atoms with Crippen molar-refractivity contribution in [3.63, 3.8) is 0 Å². The van der Waals surface area contributed by atoms with Crippen LogP contribution in [0.15, 0.2) is 72.8 Å². The lowest BCUT2D eigenvalue weighted by Gasteiger charge is -2.09. The Labute approximate surface area is 189 Å². The van der Waals surface area contributed by atoms with Gasteiger partial charge in [-0.05, 0) is 67.7 Å². The summed E-state index contributed by atoms with van der Waals surface area (Å²) in [5, 5.41) is 4.89. The van der Waals surface area contributed by atoms with Gasteiger partial charge in [0, 0.05) is 17.7 Å². The molecule has 0 atom stereocenters. The van der Waals surface area contributed by atoms with Gasteiger partial charge in [-0.1, -0.05) is 30.3 Å². The molecule has 4 rings (SSSR count). The summed E-state index contributed by atoms with van der Waals surface area (Å²) in [5.41, 5.74) is 4.35. The highest BCUT2D eigenvalue weighted by Gasteiger charge is 2.15. The van der Waals surface area contributed by atoms with Gasteiger partial charge in [0.15, 0.2) is 11.6 Å². The fourth-order valence-corrected chi connectivity index (χ4v) is 3.61. The van der Waals surface area contributed by atoms with E-state index < -0.39 is 0 Å². The van der Waals surface area contributed by atoms with Crippen LogP contribution in [0.4, 0.5) is 0 Å². The van der Waals surface area contributed by atoms with Gasteiger partial charge in [0.1, 0.15) is 11.5 Å². The minimum absolute atomic E-state index is 0.607. The Morgan fingerprint density at radius 1 is 0.781 bits per heavy atom. The van der Waals surface area contributed by atoms with Crippen LogP contribution >= 0.6 is 0 Å². The van der Waals surface area contributed by atoms with Crippen molar-refractivity contribution in [2.24, 2.45) is 0 Å². The summed E-state index contributed by atoms with van der Waals surface area (Å²) in [7, 11) is 7.47. The molecule has 0 fully saturated rings. The first kappa shape index (κ1) is 21.6. The van der Waals surface area contributed by atoms with Crippen molar-refractivity contribution in [3.05, 3.63) is 83.9 Å². The molecule has 6 nitrogen and oxygen atoms in total. The highest BCUT2D eigenvalue weighted by atomic mass is 16.5. The molecular weight excluding hydrogens is 400 g/mol. The number of hydrogen-bond donors (Lipinski definition) is 0. The average molecular weight is 429 g/mol. The van der Waals surface area contributed by atoms with Crippen molar-refractivity contribution >= 4 is 0 Å². The fraction of sp³-hybridized carbons (Fsp3) is 0.231. The molecule has 4 aromatic rings. The summed E-state index contributed by atoms with van der Waals surface area (Å²) in [5.74, 6) is 3.18. The second-order valence-electron chi connectivity index (χ2n) is 7.93. The van der Waals surface area contributed by atoms with E-state index in [-0.39, 0.29) is 0 Å². The number of nitrogens with zero attached hydrogens (tertiary/aromatic N) is 4. The molecule has 0 bridgehead atoms. The van der Waals surface area contributed by atoms with Crippen LogP contribution in [0.25, 0.3) is 22.8 Å². The molecule has 0 radical (unpaired) electrons. The number of aromatic nitrogens is 3. The molecular formula is C26H28N4O2. The van der Waals surface area contributed by atoms with Crippen LogP contribution in [0.3, 0.4) is 0 Å². The van der Waals surface area contributed by atoms with Crippen molar-refractivity contribution in [2.45, 2.75) is 13.1 Å². The molecule has 3 aromatic carbocycles. The first-order chi connectivity index (χ1) is 15.6. The highest BCUT2D eigenvalue weighted by molar-refractivity contribution is 5.63. The van der Waals surface area contributed by atoms with Gasteiger partial charge in [-0.25, -0.2) is 9.67 Å². The third-order valence-electron chi connectivity index (χ3n) is 5.20. The zero-order valence-electron chi connectivity index (χ0n) is 18.9. The third-order valence-corrected chi connectivity index (χ3v) is 5.20. The van der Waals surface area contributed by atoms with E-state index in [0.29, 0.717) is 12.4 Å². The van der Waals surface area contributed by atoms with Crippen LogP contribution in [-0.2, 0) is 13.1 Å². The molecule has 0 amide bonds. The maximum Gasteiger partial charge on any atom is 0.181 e. The second kappa shape index (κ2) is 9.66. The predicted molar refractivity (Wildman–Crippen MR) is 127 cm³/mol. The van der Waals surface area contributed by atoms with Crippen LogP contribution < -0.4 is 9.47 Å². The van der Waals surface area contributed by atoms with Crippen molar-refractivity contribution in [1.29, 1.82) is 0 Å². The Bertz CT molecular complexity index is 1170. The largest absolute Gasteiger partial charge is 0.497 e. The van der Waals surface area contributed by atoms with E-state index in [2.05, 4.69) is 55.4 Å². The van der Waals surface area contributed by atoms with E-state index in [1.807, 2.05) is 41.1 Å². The first-order valence-corrected chi connectivity index (χ1v) is 10.5. The average Bonchev–Trinajstić information content (AvgIpc) is 3.23. The van der Waals surface area contributed by atoms with Gasteiger partial charge in [-0.3, -0.25) is 0 Å².